The van der Waals surface area contributed by atoms with E-state index < -0.39 is 0 Å². The van der Waals surface area contributed by atoms with Crippen LogP contribution in [0.2, 0.25) is 0 Å². The maximum absolute atomic E-state index is 2.88. The van der Waals surface area contributed by atoms with E-state index in [1.54, 1.807) is 0 Å². The molecule has 1 saturated carbocycles. The Bertz CT molecular complexity index is 540. The molecule has 4 fully saturated rings. The number of nitrogens with zero attached hydrogens (tertiary/aromatic N) is 3. The smallest absolute Gasteiger partial charge is 0.0125 e. The van der Waals surface area contributed by atoms with Gasteiger partial charge >= 0.3 is 0 Å². The van der Waals surface area contributed by atoms with E-state index in [1.165, 1.54) is 97.2 Å². The molecule has 4 aliphatic rings. The van der Waals surface area contributed by atoms with Crippen LogP contribution in [-0.4, -0.2) is 72.1 Å². The van der Waals surface area contributed by atoms with Gasteiger partial charge in [0.1, 0.15) is 0 Å². The first kappa shape index (κ1) is 23.1. The largest absolute Gasteiger partial charge is 0.303 e. The molecule has 3 aliphatic heterocycles. The molecule has 0 aromatic rings. The minimum Gasteiger partial charge on any atom is -0.303 e. The van der Waals surface area contributed by atoms with Crippen molar-refractivity contribution in [2.24, 2.45) is 22.7 Å². The minimum absolute atomic E-state index is 0.356. The van der Waals surface area contributed by atoms with Crippen LogP contribution in [-0.2, 0) is 0 Å². The van der Waals surface area contributed by atoms with Crippen LogP contribution in [0, 0.1) is 22.7 Å². The lowest BCUT2D eigenvalue weighted by atomic mass is 9.59. The zero-order valence-corrected chi connectivity index (χ0v) is 21.2. The summed E-state index contributed by atoms with van der Waals surface area (Å²) in [6.07, 6.45) is 11.6. The molecule has 3 heterocycles. The summed E-state index contributed by atoms with van der Waals surface area (Å²) in [6, 6.07) is 0.912. The van der Waals surface area contributed by atoms with Gasteiger partial charge in [-0.25, -0.2) is 0 Å². The van der Waals surface area contributed by atoms with Crippen molar-refractivity contribution in [3.8, 4) is 0 Å². The highest BCUT2D eigenvalue weighted by molar-refractivity contribution is 5.02. The first-order valence-electron chi connectivity index (χ1n) is 13.3. The Morgan fingerprint density at radius 2 is 1.30 bits per heavy atom. The molecule has 3 saturated heterocycles. The zero-order chi connectivity index (χ0) is 21.6. The Morgan fingerprint density at radius 1 is 0.733 bits per heavy atom. The molecule has 0 amide bonds. The summed E-state index contributed by atoms with van der Waals surface area (Å²) in [5.41, 5.74) is 1.57. The van der Waals surface area contributed by atoms with Crippen LogP contribution in [0.5, 0.6) is 0 Å². The third-order valence-corrected chi connectivity index (χ3v) is 9.60. The van der Waals surface area contributed by atoms with E-state index >= 15 is 0 Å². The maximum Gasteiger partial charge on any atom is 0.0125 e. The molecular weight excluding hydrogens is 366 g/mol. The summed E-state index contributed by atoms with van der Waals surface area (Å²) in [6.45, 7) is 23.9. The topological polar surface area (TPSA) is 9.72 Å². The number of likely N-dealkylation sites (tertiary alicyclic amines) is 3. The molecule has 0 radical (unpaired) electrons. The molecule has 0 unspecified atom stereocenters. The van der Waals surface area contributed by atoms with Gasteiger partial charge in [-0.1, -0.05) is 20.8 Å². The fraction of sp³-hybridized carbons (Fsp3) is 1.00. The number of piperidine rings is 3. The second-order valence-electron chi connectivity index (χ2n) is 13.6. The lowest BCUT2D eigenvalue weighted by Crippen LogP contribution is -2.58. The fourth-order valence-electron chi connectivity index (χ4n) is 7.11. The summed E-state index contributed by atoms with van der Waals surface area (Å²) in [5, 5.41) is 0. The first-order chi connectivity index (χ1) is 14.0. The summed E-state index contributed by atoms with van der Waals surface area (Å²) < 4.78 is 0. The molecule has 0 atom stereocenters. The van der Waals surface area contributed by atoms with Crippen LogP contribution in [0.4, 0.5) is 0 Å². The van der Waals surface area contributed by atoms with Gasteiger partial charge < -0.3 is 9.80 Å². The van der Waals surface area contributed by atoms with Gasteiger partial charge in [0.15, 0.2) is 0 Å². The van der Waals surface area contributed by atoms with Crippen molar-refractivity contribution < 1.29 is 0 Å². The maximum atomic E-state index is 2.88. The third kappa shape index (κ3) is 5.26. The van der Waals surface area contributed by atoms with E-state index in [1.807, 2.05) is 0 Å². The molecule has 3 nitrogen and oxygen atoms in total. The molecule has 3 heteroatoms. The Hall–Kier alpha value is -0.120. The van der Waals surface area contributed by atoms with E-state index in [0.717, 1.165) is 17.9 Å². The number of hydrogen-bond acceptors (Lipinski definition) is 3. The van der Waals surface area contributed by atoms with Crippen molar-refractivity contribution in [3.05, 3.63) is 0 Å². The zero-order valence-electron chi connectivity index (χ0n) is 21.2. The van der Waals surface area contributed by atoms with Gasteiger partial charge in [0.25, 0.3) is 0 Å². The van der Waals surface area contributed by atoms with E-state index in [4.69, 9.17) is 0 Å². The van der Waals surface area contributed by atoms with Crippen LogP contribution in [0.1, 0.15) is 92.9 Å². The predicted molar refractivity (Wildman–Crippen MR) is 129 cm³/mol. The van der Waals surface area contributed by atoms with Crippen molar-refractivity contribution in [1.29, 1.82) is 0 Å². The molecule has 30 heavy (non-hydrogen) atoms. The minimum atomic E-state index is 0.356. The van der Waals surface area contributed by atoms with Gasteiger partial charge in [-0.15, -0.1) is 0 Å². The van der Waals surface area contributed by atoms with E-state index in [2.05, 4.69) is 56.2 Å². The normalized spacial score (nSPS) is 29.4. The molecule has 1 aliphatic carbocycles. The number of rotatable bonds is 3. The average molecular weight is 418 g/mol. The van der Waals surface area contributed by atoms with Crippen LogP contribution in [0.25, 0.3) is 0 Å². The summed E-state index contributed by atoms with van der Waals surface area (Å²) >= 11 is 0. The second kappa shape index (κ2) is 8.67. The SMILES string of the molecule is CC(C)(C)C1CCN(CC2CCN(C3CC4(CCN(C(C)(C)C)CC4)C3)CC2)CC1. The van der Waals surface area contributed by atoms with Gasteiger partial charge in [0.2, 0.25) is 0 Å². The van der Waals surface area contributed by atoms with Gasteiger partial charge in [-0.2, -0.15) is 0 Å². The molecule has 1 spiro atoms. The van der Waals surface area contributed by atoms with E-state index in [-0.39, 0.29) is 0 Å². The van der Waals surface area contributed by atoms with Crippen molar-refractivity contribution in [2.45, 2.75) is 104 Å². The fourth-order valence-corrected chi connectivity index (χ4v) is 7.11. The summed E-state index contributed by atoms with van der Waals surface area (Å²) in [7, 11) is 0. The van der Waals surface area contributed by atoms with Crippen LogP contribution < -0.4 is 0 Å². The molecule has 174 valence electrons. The van der Waals surface area contributed by atoms with Crippen LogP contribution in [0.3, 0.4) is 0 Å². The van der Waals surface area contributed by atoms with Gasteiger partial charge in [0.05, 0.1) is 0 Å². The monoisotopic (exact) mass is 417 g/mol. The lowest BCUT2D eigenvalue weighted by molar-refractivity contribution is -0.0658. The first-order valence-corrected chi connectivity index (χ1v) is 13.3. The summed E-state index contributed by atoms with van der Waals surface area (Å²) in [4.78, 5) is 8.38. The van der Waals surface area contributed by atoms with Crippen LogP contribution >= 0.6 is 0 Å². The molecule has 4 rings (SSSR count). The Balaban J connectivity index is 1.14. The second-order valence-corrected chi connectivity index (χ2v) is 13.6. The molecule has 0 N–H and O–H groups in total. The quantitative estimate of drug-likeness (QED) is 0.600. The molecule has 0 aromatic carbocycles. The number of hydrogen-bond donors (Lipinski definition) is 0. The van der Waals surface area contributed by atoms with Gasteiger partial charge in [0, 0.05) is 18.1 Å². The van der Waals surface area contributed by atoms with Crippen LogP contribution in [0.15, 0.2) is 0 Å². The van der Waals surface area contributed by atoms with Crippen molar-refractivity contribution in [1.82, 2.24) is 14.7 Å². The Kier molecular flexibility index (Phi) is 6.66. The Labute approximate surface area is 187 Å². The van der Waals surface area contributed by atoms with Crippen molar-refractivity contribution in [3.63, 3.8) is 0 Å². The summed E-state index contributed by atoms with van der Waals surface area (Å²) in [5.74, 6) is 1.88. The third-order valence-electron chi connectivity index (χ3n) is 9.60. The van der Waals surface area contributed by atoms with Gasteiger partial charge in [-0.05, 0) is 134 Å². The predicted octanol–water partition coefficient (Wildman–Crippen LogP) is 5.50. The van der Waals surface area contributed by atoms with E-state index in [9.17, 15) is 0 Å². The van der Waals surface area contributed by atoms with Crippen molar-refractivity contribution in [2.75, 3.05) is 45.8 Å². The lowest BCUT2D eigenvalue weighted by Gasteiger charge is -2.57. The van der Waals surface area contributed by atoms with Gasteiger partial charge in [-0.3, -0.25) is 4.90 Å². The molecule has 0 bridgehead atoms. The van der Waals surface area contributed by atoms with Crippen molar-refractivity contribution >= 4 is 0 Å². The highest BCUT2D eigenvalue weighted by Crippen LogP contribution is 2.52. The van der Waals surface area contributed by atoms with E-state index in [0.29, 0.717) is 16.4 Å². The highest BCUT2D eigenvalue weighted by Gasteiger charge is 2.48. The molecular formula is C27H51N3. The average Bonchev–Trinajstić information content (AvgIpc) is 2.66. The highest BCUT2D eigenvalue weighted by atomic mass is 15.2. The molecule has 0 aromatic heterocycles. The standard InChI is InChI=1S/C27H51N3/c1-25(2,3)23-9-13-28(14-10-23)21-22-7-15-29(16-8-22)24-19-27(20-24)11-17-30(18-12-27)26(4,5)6/h22-24H,7-21H2,1-6H3. The Morgan fingerprint density at radius 3 is 1.80 bits per heavy atom.